The lowest BCUT2D eigenvalue weighted by Crippen LogP contribution is -2.16. The maximum atomic E-state index is 11.6. The largest absolute Gasteiger partial charge is 0.574 e. The molecule has 0 radical (unpaired) electrons. The predicted molar refractivity (Wildman–Crippen MR) is 22.4 cm³/mol. The summed E-state index contributed by atoms with van der Waals surface area (Å²) in [7, 11) is 0. The molecule has 0 aromatic heterocycles. The normalized spacial score (nSPS) is 15.4. The molecule has 0 amide bonds. The van der Waals surface area contributed by atoms with Crippen molar-refractivity contribution in [3.05, 3.63) is 11.8 Å². The zero-order valence-corrected chi connectivity index (χ0v) is 5.43. The van der Waals surface area contributed by atoms with Crippen LogP contribution in [0.3, 0.4) is 0 Å². The second-order valence-electron chi connectivity index (χ2n) is 1.63. The summed E-state index contributed by atoms with van der Waals surface area (Å²) in [4.78, 5) is 0. The van der Waals surface area contributed by atoms with Crippen LogP contribution in [-0.4, -0.2) is 12.5 Å². The van der Waals surface area contributed by atoms with Gasteiger partial charge in [-0.2, -0.15) is 22.0 Å². The Bertz CT molecular complexity index is 209. The minimum atomic E-state index is -5.84. The van der Waals surface area contributed by atoms with Gasteiger partial charge in [0, 0.05) is 0 Å². The summed E-state index contributed by atoms with van der Waals surface area (Å²) in [6, 6.07) is -3.36. The molecule has 0 aromatic rings. The van der Waals surface area contributed by atoms with Gasteiger partial charge in [-0.15, -0.1) is 13.2 Å². The molecule has 0 atom stereocenters. The first-order chi connectivity index (χ1) is 5.54. The maximum Gasteiger partial charge on any atom is 0.574 e. The summed E-state index contributed by atoms with van der Waals surface area (Å²) in [5.41, 5.74) is 0. The second kappa shape index (κ2) is 3.38. The minimum Gasteiger partial charge on any atom is -0.376 e. The van der Waals surface area contributed by atoms with Crippen LogP contribution in [-0.2, 0) is 4.74 Å². The molecule has 1 nitrogen and oxygen atoms in total. The highest BCUT2D eigenvalue weighted by molar-refractivity contribution is 4.99. The van der Waals surface area contributed by atoms with E-state index in [0.717, 1.165) is 0 Å². The van der Waals surface area contributed by atoms with E-state index in [4.69, 9.17) is 0 Å². The van der Waals surface area contributed by atoms with Gasteiger partial charge >= 0.3 is 18.6 Å². The summed E-state index contributed by atoms with van der Waals surface area (Å²) in [6.45, 7) is 0. The van der Waals surface area contributed by atoms with Crippen LogP contribution in [0.2, 0.25) is 0 Å². The third-order valence-corrected chi connectivity index (χ3v) is 0.627. The Morgan fingerprint density at radius 3 is 1.46 bits per heavy atom. The number of allylic oxidation sites excluding steroid dienone is 1. The lowest BCUT2D eigenvalue weighted by atomic mass is 10.5. The van der Waals surface area contributed by atoms with Crippen molar-refractivity contribution in [3.63, 3.8) is 0 Å². The Hall–Kier alpha value is -1.02. The highest BCUT2D eigenvalue weighted by atomic mass is 19.4. The Kier molecular flexibility index (Phi) is 3.12. The number of hydrogen-bond acceptors (Lipinski definition) is 1. The molecule has 9 heteroatoms. The molecule has 0 rings (SSSR count). The van der Waals surface area contributed by atoms with Crippen molar-refractivity contribution in [1.82, 2.24) is 0 Å². The molecule has 0 aliphatic heterocycles. The van der Waals surface area contributed by atoms with E-state index in [1.165, 1.54) is 0 Å². The lowest BCUT2D eigenvalue weighted by Gasteiger charge is -2.08. The lowest BCUT2D eigenvalue weighted by molar-refractivity contribution is -0.316. The molecule has 0 saturated carbocycles. The molecule has 0 aliphatic rings. The van der Waals surface area contributed by atoms with E-state index in [9.17, 15) is 35.1 Å². The van der Waals surface area contributed by atoms with E-state index in [1.807, 2.05) is 4.74 Å². The van der Waals surface area contributed by atoms with Crippen molar-refractivity contribution in [1.29, 1.82) is 0 Å². The van der Waals surface area contributed by atoms with Crippen LogP contribution in [0, 0.1) is 0 Å². The summed E-state index contributed by atoms with van der Waals surface area (Å²) in [5, 5.41) is 0. The predicted octanol–water partition coefficient (Wildman–Crippen LogP) is 3.19. The van der Waals surface area contributed by atoms with Crippen LogP contribution in [0.4, 0.5) is 35.1 Å². The number of rotatable bonds is 1. The third kappa shape index (κ3) is 4.53. The van der Waals surface area contributed by atoms with E-state index in [0.29, 0.717) is 0 Å². The summed E-state index contributed by atoms with van der Waals surface area (Å²) in [6.07, 6.45) is -11.5. The van der Waals surface area contributed by atoms with Gasteiger partial charge in [-0.05, 0) is 0 Å². The quantitative estimate of drug-likeness (QED) is 0.483. The molecular formula is C4F8O. The molecule has 0 bridgehead atoms. The fourth-order valence-corrected chi connectivity index (χ4v) is 0.258. The fraction of sp³-hybridized carbons (Fsp3) is 0.500. The SMILES string of the molecule is F/C(OC(F)(F)F)=C(\F)C(F)(F)F. The van der Waals surface area contributed by atoms with Crippen molar-refractivity contribution in [2.75, 3.05) is 0 Å². The monoisotopic (exact) mass is 216 g/mol. The van der Waals surface area contributed by atoms with E-state index in [-0.39, 0.29) is 0 Å². The van der Waals surface area contributed by atoms with Crippen molar-refractivity contribution in [3.8, 4) is 0 Å². The molecule has 0 aliphatic carbocycles. The van der Waals surface area contributed by atoms with Crippen molar-refractivity contribution in [2.24, 2.45) is 0 Å². The first-order valence-electron chi connectivity index (χ1n) is 2.42. The molecule has 0 aromatic carbocycles. The first kappa shape index (κ1) is 12.0. The van der Waals surface area contributed by atoms with E-state index in [2.05, 4.69) is 0 Å². The topological polar surface area (TPSA) is 9.23 Å². The molecule has 0 unspecified atom stereocenters. The van der Waals surface area contributed by atoms with Crippen molar-refractivity contribution < 1.29 is 39.9 Å². The van der Waals surface area contributed by atoms with Crippen LogP contribution in [0.5, 0.6) is 0 Å². The van der Waals surface area contributed by atoms with E-state index < -0.39 is 24.4 Å². The van der Waals surface area contributed by atoms with E-state index >= 15 is 0 Å². The van der Waals surface area contributed by atoms with Gasteiger partial charge in [0.15, 0.2) is 0 Å². The molecule has 13 heavy (non-hydrogen) atoms. The molecule has 0 N–H and O–H groups in total. The maximum absolute atomic E-state index is 11.6. The molecule has 0 heterocycles. The van der Waals surface area contributed by atoms with Crippen LogP contribution in [0.25, 0.3) is 0 Å². The summed E-state index contributed by atoms with van der Waals surface area (Å²) in [5.74, 6) is -3.56. The standard InChI is InChI=1S/C4F8O/c5-1(3(7,8)9)2(6)13-4(10,11)12/b2-1+. The summed E-state index contributed by atoms with van der Waals surface area (Å²) >= 11 is 0. The number of alkyl halides is 6. The molecule has 0 saturated heterocycles. The molecule has 0 spiro atoms. The van der Waals surface area contributed by atoms with Gasteiger partial charge in [-0.25, -0.2) is 0 Å². The minimum absolute atomic E-state index is 2.04. The number of halogens is 8. The van der Waals surface area contributed by atoms with Gasteiger partial charge < -0.3 is 4.74 Å². The first-order valence-corrected chi connectivity index (χ1v) is 2.42. The second-order valence-corrected chi connectivity index (χ2v) is 1.63. The van der Waals surface area contributed by atoms with Crippen LogP contribution < -0.4 is 0 Å². The Morgan fingerprint density at radius 1 is 0.846 bits per heavy atom. The van der Waals surface area contributed by atoms with Gasteiger partial charge in [-0.3, -0.25) is 0 Å². The van der Waals surface area contributed by atoms with Crippen molar-refractivity contribution >= 4 is 0 Å². The number of ether oxygens (including phenoxy) is 1. The zero-order chi connectivity index (χ0) is 10.9. The molecule has 0 fully saturated rings. The van der Waals surface area contributed by atoms with Gasteiger partial charge in [0.1, 0.15) is 0 Å². The summed E-state index contributed by atoms with van der Waals surface area (Å²) < 4.78 is 91.8. The van der Waals surface area contributed by atoms with Gasteiger partial charge in [-0.1, -0.05) is 0 Å². The fourth-order valence-electron chi connectivity index (χ4n) is 0.258. The molecule has 78 valence electrons. The Labute approximate surface area is 65.6 Å². The number of hydrogen-bond donors (Lipinski definition) is 0. The average molecular weight is 216 g/mol. The molecular weight excluding hydrogens is 216 g/mol. The van der Waals surface area contributed by atoms with Crippen LogP contribution >= 0.6 is 0 Å². The van der Waals surface area contributed by atoms with Crippen LogP contribution in [0.1, 0.15) is 0 Å². The Morgan fingerprint density at radius 2 is 1.23 bits per heavy atom. The Balaban J connectivity index is 4.65. The van der Waals surface area contributed by atoms with Gasteiger partial charge in [0.25, 0.3) is 5.83 Å². The van der Waals surface area contributed by atoms with Crippen LogP contribution in [0.15, 0.2) is 11.8 Å². The third-order valence-electron chi connectivity index (χ3n) is 0.627. The highest BCUT2D eigenvalue weighted by Crippen LogP contribution is 2.32. The average Bonchev–Trinajstić information content (AvgIpc) is 1.79. The zero-order valence-electron chi connectivity index (χ0n) is 5.43. The van der Waals surface area contributed by atoms with Crippen molar-refractivity contribution in [2.45, 2.75) is 12.5 Å². The highest BCUT2D eigenvalue weighted by Gasteiger charge is 2.43. The van der Waals surface area contributed by atoms with E-state index in [1.54, 1.807) is 0 Å². The van der Waals surface area contributed by atoms with Gasteiger partial charge in [0.2, 0.25) is 0 Å². The van der Waals surface area contributed by atoms with Gasteiger partial charge in [0.05, 0.1) is 0 Å². The smallest absolute Gasteiger partial charge is 0.376 e.